The highest BCUT2D eigenvalue weighted by molar-refractivity contribution is 9.10. The summed E-state index contributed by atoms with van der Waals surface area (Å²) in [6.45, 7) is 2.64. The number of hydrogen-bond donors (Lipinski definition) is 1. The van der Waals surface area contributed by atoms with Crippen LogP contribution in [0.5, 0.6) is 0 Å². The van der Waals surface area contributed by atoms with Gasteiger partial charge >= 0.3 is 0 Å². The Morgan fingerprint density at radius 2 is 2.21 bits per heavy atom. The Balaban J connectivity index is 2.57. The standard InChI is InChI=1S/C11H19BrF2N4O/c1-3-5-15-8(4-6-19-7-9(13)14)10-11(12)16-17-18(10)2/h8-9,15H,3-7H2,1-2H3. The molecule has 8 heteroatoms. The Morgan fingerprint density at radius 3 is 2.74 bits per heavy atom. The summed E-state index contributed by atoms with van der Waals surface area (Å²) >= 11 is 3.35. The third kappa shape index (κ3) is 5.50. The van der Waals surface area contributed by atoms with Crippen molar-refractivity contribution >= 4 is 15.9 Å². The van der Waals surface area contributed by atoms with Gasteiger partial charge in [0.05, 0.1) is 11.7 Å². The molecule has 1 N–H and O–H groups in total. The van der Waals surface area contributed by atoms with Crippen molar-refractivity contribution in [3.63, 3.8) is 0 Å². The molecule has 0 amide bonds. The van der Waals surface area contributed by atoms with E-state index in [-0.39, 0.29) is 12.6 Å². The first-order valence-corrected chi connectivity index (χ1v) is 6.99. The van der Waals surface area contributed by atoms with Gasteiger partial charge in [-0.05, 0) is 35.3 Å². The molecule has 0 bridgehead atoms. The Kier molecular flexibility index (Phi) is 7.40. The van der Waals surface area contributed by atoms with Crippen molar-refractivity contribution in [1.82, 2.24) is 20.3 Å². The summed E-state index contributed by atoms with van der Waals surface area (Å²) in [7, 11) is 1.80. The normalized spacial score (nSPS) is 13.2. The molecule has 0 saturated carbocycles. The molecule has 19 heavy (non-hydrogen) atoms. The van der Waals surface area contributed by atoms with Crippen molar-refractivity contribution in [2.24, 2.45) is 7.05 Å². The zero-order valence-corrected chi connectivity index (χ0v) is 12.7. The first kappa shape index (κ1) is 16.5. The first-order valence-electron chi connectivity index (χ1n) is 6.20. The maximum absolute atomic E-state index is 12.0. The molecule has 0 aliphatic rings. The molecular formula is C11H19BrF2N4O. The van der Waals surface area contributed by atoms with Gasteiger partial charge in [0.1, 0.15) is 6.61 Å². The van der Waals surface area contributed by atoms with Gasteiger partial charge in [-0.1, -0.05) is 12.1 Å². The van der Waals surface area contributed by atoms with E-state index in [0.717, 1.165) is 18.7 Å². The summed E-state index contributed by atoms with van der Waals surface area (Å²) < 4.78 is 31.2. The second-order valence-corrected chi connectivity index (χ2v) is 4.90. The van der Waals surface area contributed by atoms with Gasteiger partial charge < -0.3 is 10.1 Å². The van der Waals surface area contributed by atoms with Gasteiger partial charge in [0.15, 0.2) is 4.60 Å². The van der Waals surface area contributed by atoms with E-state index in [1.54, 1.807) is 11.7 Å². The van der Waals surface area contributed by atoms with Gasteiger partial charge in [-0.3, -0.25) is 0 Å². The van der Waals surface area contributed by atoms with Crippen molar-refractivity contribution < 1.29 is 13.5 Å². The van der Waals surface area contributed by atoms with Gasteiger partial charge in [0.25, 0.3) is 6.43 Å². The molecule has 0 radical (unpaired) electrons. The number of alkyl halides is 2. The Bertz CT molecular complexity index is 356. The molecule has 0 fully saturated rings. The fraction of sp³-hybridized carbons (Fsp3) is 0.818. The maximum atomic E-state index is 12.0. The molecule has 0 aliphatic heterocycles. The van der Waals surface area contributed by atoms with Gasteiger partial charge in [-0.25, -0.2) is 13.5 Å². The molecule has 0 aliphatic carbocycles. The molecule has 1 aromatic heterocycles. The van der Waals surface area contributed by atoms with E-state index < -0.39 is 13.0 Å². The summed E-state index contributed by atoms with van der Waals surface area (Å²) in [6.07, 6.45) is -0.851. The predicted octanol–water partition coefficient (Wildman–Crippen LogP) is 2.29. The molecule has 0 aromatic carbocycles. The van der Waals surface area contributed by atoms with Gasteiger partial charge in [0.2, 0.25) is 0 Å². The molecule has 110 valence electrons. The second-order valence-electron chi connectivity index (χ2n) is 4.15. The largest absolute Gasteiger partial charge is 0.375 e. The molecule has 1 unspecified atom stereocenters. The van der Waals surface area contributed by atoms with Crippen LogP contribution >= 0.6 is 15.9 Å². The number of halogens is 3. The number of rotatable bonds is 9. The lowest BCUT2D eigenvalue weighted by Crippen LogP contribution is -2.26. The average molecular weight is 341 g/mol. The van der Waals surface area contributed by atoms with Crippen LogP contribution in [0.4, 0.5) is 8.78 Å². The smallest absolute Gasteiger partial charge is 0.261 e. The zero-order valence-electron chi connectivity index (χ0n) is 11.1. The number of aryl methyl sites for hydroxylation is 1. The molecule has 1 rings (SSSR count). The average Bonchev–Trinajstić information content (AvgIpc) is 2.69. The van der Waals surface area contributed by atoms with Crippen LogP contribution in [0.2, 0.25) is 0 Å². The van der Waals surface area contributed by atoms with Crippen LogP contribution in [-0.2, 0) is 11.8 Å². The molecular weight excluding hydrogens is 322 g/mol. The lowest BCUT2D eigenvalue weighted by atomic mass is 10.1. The van der Waals surface area contributed by atoms with Gasteiger partial charge in [-0.2, -0.15) is 0 Å². The number of nitrogens with zero attached hydrogens (tertiary/aromatic N) is 3. The summed E-state index contributed by atoms with van der Waals surface area (Å²) in [4.78, 5) is 0. The first-order chi connectivity index (χ1) is 9.06. The second kappa shape index (κ2) is 8.55. The minimum atomic E-state index is -2.42. The topological polar surface area (TPSA) is 52.0 Å². The number of aromatic nitrogens is 3. The third-order valence-electron chi connectivity index (χ3n) is 2.59. The highest BCUT2D eigenvalue weighted by Crippen LogP contribution is 2.23. The lowest BCUT2D eigenvalue weighted by molar-refractivity contribution is 0.0141. The number of hydrogen-bond acceptors (Lipinski definition) is 4. The highest BCUT2D eigenvalue weighted by Gasteiger charge is 2.19. The fourth-order valence-electron chi connectivity index (χ4n) is 1.74. The van der Waals surface area contributed by atoms with Crippen LogP contribution in [0.15, 0.2) is 4.60 Å². The Morgan fingerprint density at radius 1 is 1.47 bits per heavy atom. The monoisotopic (exact) mass is 340 g/mol. The van der Waals surface area contributed by atoms with Crippen molar-refractivity contribution in [1.29, 1.82) is 0 Å². The summed E-state index contributed by atoms with van der Waals surface area (Å²) in [5, 5.41) is 11.2. The minimum absolute atomic E-state index is 0.0213. The molecule has 1 atom stereocenters. The summed E-state index contributed by atoms with van der Waals surface area (Å²) in [5.41, 5.74) is 0.897. The van der Waals surface area contributed by atoms with E-state index in [4.69, 9.17) is 4.74 Å². The SMILES string of the molecule is CCCNC(CCOCC(F)F)c1c(Br)nnn1C. The van der Waals surface area contributed by atoms with Gasteiger partial charge in [-0.15, -0.1) is 5.10 Å². The van der Waals surface area contributed by atoms with Crippen LogP contribution in [0.3, 0.4) is 0 Å². The minimum Gasteiger partial charge on any atom is -0.375 e. The van der Waals surface area contributed by atoms with Gasteiger partial charge in [0, 0.05) is 13.7 Å². The number of nitrogens with one attached hydrogen (secondary N) is 1. The van der Waals surface area contributed by atoms with Crippen LogP contribution in [0, 0.1) is 0 Å². The summed E-state index contributed by atoms with van der Waals surface area (Å²) in [6, 6.07) is -0.0213. The lowest BCUT2D eigenvalue weighted by Gasteiger charge is -2.18. The number of ether oxygens (including phenoxy) is 1. The predicted molar refractivity (Wildman–Crippen MR) is 71.2 cm³/mol. The molecule has 1 heterocycles. The van der Waals surface area contributed by atoms with Crippen molar-refractivity contribution in [3.8, 4) is 0 Å². The van der Waals surface area contributed by atoms with E-state index in [9.17, 15) is 8.78 Å². The van der Waals surface area contributed by atoms with Crippen molar-refractivity contribution in [3.05, 3.63) is 10.3 Å². The highest BCUT2D eigenvalue weighted by atomic mass is 79.9. The van der Waals surface area contributed by atoms with E-state index in [0.29, 0.717) is 11.0 Å². The third-order valence-corrected chi connectivity index (χ3v) is 3.16. The fourth-order valence-corrected chi connectivity index (χ4v) is 2.34. The van der Waals surface area contributed by atoms with Crippen molar-refractivity contribution in [2.75, 3.05) is 19.8 Å². The zero-order chi connectivity index (χ0) is 14.3. The van der Waals surface area contributed by atoms with E-state index in [2.05, 4.69) is 38.5 Å². The Hall–Kier alpha value is -0.600. The quantitative estimate of drug-likeness (QED) is 0.701. The van der Waals surface area contributed by atoms with E-state index in [1.807, 2.05) is 0 Å². The maximum Gasteiger partial charge on any atom is 0.261 e. The Labute approximate surface area is 119 Å². The van der Waals surface area contributed by atoms with E-state index >= 15 is 0 Å². The van der Waals surface area contributed by atoms with Crippen LogP contribution < -0.4 is 5.32 Å². The molecule has 1 aromatic rings. The van der Waals surface area contributed by atoms with E-state index in [1.165, 1.54) is 0 Å². The van der Waals surface area contributed by atoms with Crippen LogP contribution in [-0.4, -0.2) is 41.2 Å². The molecule has 0 spiro atoms. The van der Waals surface area contributed by atoms with Crippen molar-refractivity contribution in [2.45, 2.75) is 32.2 Å². The summed E-state index contributed by atoms with van der Waals surface area (Å²) in [5.74, 6) is 0. The van der Waals surface area contributed by atoms with Crippen LogP contribution in [0.25, 0.3) is 0 Å². The molecule has 0 saturated heterocycles. The van der Waals surface area contributed by atoms with Crippen LogP contribution in [0.1, 0.15) is 31.5 Å². The molecule has 5 nitrogen and oxygen atoms in total.